The van der Waals surface area contributed by atoms with Crippen LogP contribution in [-0.2, 0) is 9.59 Å². The van der Waals surface area contributed by atoms with Crippen LogP contribution in [0.1, 0.15) is 27.2 Å². The lowest BCUT2D eigenvalue weighted by Crippen LogP contribution is -2.82. The molecule has 0 saturated carbocycles. The third-order valence-electron chi connectivity index (χ3n) is 5.06. The Labute approximate surface area is 149 Å². The van der Waals surface area contributed by atoms with Gasteiger partial charge < -0.3 is 9.67 Å². The number of carbonyl (C=O) groups is 2. The maximum atomic E-state index is 12.7. The molecular weight excluding hydrogens is 330 g/mol. The predicted octanol–water partition coefficient (Wildman–Crippen LogP) is 2.23. The number of hydrogen-bond acceptors (Lipinski definition) is 2. The van der Waals surface area contributed by atoms with Gasteiger partial charge in [-0.05, 0) is 15.4 Å². The van der Waals surface area contributed by atoms with Gasteiger partial charge in [-0.2, -0.15) is 0 Å². The number of β-lactam (4-membered cyclic amide) rings is 1. The van der Waals surface area contributed by atoms with E-state index in [1.165, 1.54) is 0 Å². The summed E-state index contributed by atoms with van der Waals surface area (Å²) in [5, 5.41) is 11.5. The number of carboxylic acid groups (broad SMARTS) is 1. The zero-order chi connectivity index (χ0) is 18.2. The van der Waals surface area contributed by atoms with Gasteiger partial charge in [-0.3, -0.25) is 9.59 Å². The number of carboxylic acids is 1. The van der Waals surface area contributed by atoms with Crippen LogP contribution in [0.25, 0.3) is 0 Å². The number of aliphatic carboxylic acids is 1. The van der Waals surface area contributed by atoms with Gasteiger partial charge in [0.05, 0.1) is 6.42 Å². The van der Waals surface area contributed by atoms with Crippen LogP contribution in [0.5, 0.6) is 0 Å². The predicted molar refractivity (Wildman–Crippen MR) is 101 cm³/mol. The molecule has 0 radical (unpaired) electrons. The van der Waals surface area contributed by atoms with E-state index in [1.54, 1.807) is 4.57 Å². The first-order valence-electron chi connectivity index (χ1n) is 8.46. The molecule has 1 N–H and O–H groups in total. The summed E-state index contributed by atoms with van der Waals surface area (Å²) in [5.74, 6) is -0.991. The summed E-state index contributed by atoms with van der Waals surface area (Å²) in [7, 11) is -2.85. The van der Waals surface area contributed by atoms with Crippen molar-refractivity contribution in [2.24, 2.45) is 0 Å². The molecule has 5 heteroatoms. The molecule has 0 unspecified atom stereocenters. The summed E-state index contributed by atoms with van der Waals surface area (Å²) in [5.41, 5.74) is 0. The lowest BCUT2D eigenvalue weighted by Gasteiger charge is -2.56. The Hall–Kier alpha value is -2.40. The molecule has 3 rings (SSSR count). The minimum atomic E-state index is -2.85. The van der Waals surface area contributed by atoms with E-state index in [1.807, 2.05) is 60.7 Å². The summed E-state index contributed by atoms with van der Waals surface area (Å²) in [6.07, 6.45) is 0.0832. The SMILES string of the molecule is CC(C)(C)[Si](c1ccccc1)(c1ccccc1)N1C(=O)C[C@H]1C(=O)O. The highest BCUT2D eigenvalue weighted by Gasteiger charge is 2.61. The van der Waals surface area contributed by atoms with Gasteiger partial charge in [-0.25, -0.2) is 0 Å². The summed E-state index contributed by atoms with van der Waals surface area (Å²) in [6.45, 7) is 6.34. The molecule has 2 aromatic rings. The van der Waals surface area contributed by atoms with Gasteiger partial charge in [0.2, 0.25) is 14.1 Å². The van der Waals surface area contributed by atoms with Gasteiger partial charge in [-0.15, -0.1) is 0 Å². The van der Waals surface area contributed by atoms with Crippen LogP contribution in [0, 0.1) is 0 Å². The number of amides is 1. The van der Waals surface area contributed by atoms with Crippen molar-refractivity contribution in [1.82, 2.24) is 4.57 Å². The molecule has 0 bridgehead atoms. The number of benzene rings is 2. The molecule has 1 atom stereocenters. The van der Waals surface area contributed by atoms with Crippen molar-refractivity contribution in [2.75, 3.05) is 0 Å². The van der Waals surface area contributed by atoms with Gasteiger partial charge in [0.25, 0.3) is 0 Å². The van der Waals surface area contributed by atoms with Crippen LogP contribution in [0.3, 0.4) is 0 Å². The Balaban J connectivity index is 2.34. The smallest absolute Gasteiger partial charge is 0.326 e. The second kappa shape index (κ2) is 6.15. The number of rotatable bonds is 4. The Bertz CT molecular complexity index is 744. The molecule has 1 saturated heterocycles. The van der Waals surface area contributed by atoms with Crippen molar-refractivity contribution in [3.05, 3.63) is 60.7 Å². The van der Waals surface area contributed by atoms with E-state index in [0.29, 0.717) is 0 Å². The lowest BCUT2D eigenvalue weighted by molar-refractivity contribution is -0.156. The summed E-state index contributed by atoms with van der Waals surface area (Å²) >= 11 is 0. The van der Waals surface area contributed by atoms with Crippen LogP contribution in [0.2, 0.25) is 5.04 Å². The third kappa shape index (κ3) is 2.59. The highest BCUT2D eigenvalue weighted by molar-refractivity contribution is 7.03. The Morgan fingerprint density at radius 3 is 1.76 bits per heavy atom. The van der Waals surface area contributed by atoms with Crippen LogP contribution in [-0.4, -0.2) is 35.8 Å². The summed E-state index contributed by atoms with van der Waals surface area (Å²) in [6, 6.07) is 19.1. The fraction of sp³-hybridized carbons (Fsp3) is 0.300. The normalized spacial score (nSPS) is 18.0. The van der Waals surface area contributed by atoms with E-state index >= 15 is 0 Å². The van der Waals surface area contributed by atoms with Gasteiger partial charge in [0.1, 0.15) is 6.04 Å². The van der Waals surface area contributed by atoms with Crippen LogP contribution in [0.15, 0.2) is 60.7 Å². The fourth-order valence-electron chi connectivity index (χ4n) is 4.07. The second-order valence-corrected chi connectivity index (χ2v) is 12.1. The molecule has 0 spiro atoms. The van der Waals surface area contributed by atoms with E-state index in [0.717, 1.165) is 10.4 Å². The second-order valence-electron chi connectivity index (χ2n) is 7.51. The first-order valence-corrected chi connectivity index (χ1v) is 10.4. The first-order chi connectivity index (χ1) is 11.8. The van der Waals surface area contributed by atoms with E-state index in [2.05, 4.69) is 20.8 Å². The lowest BCUT2D eigenvalue weighted by atomic mass is 10.1. The molecule has 1 heterocycles. The number of hydrogen-bond donors (Lipinski definition) is 1. The molecule has 0 aromatic heterocycles. The van der Waals surface area contributed by atoms with Crippen LogP contribution >= 0.6 is 0 Å². The molecule has 1 amide bonds. The quantitative estimate of drug-likeness (QED) is 0.677. The standard InChI is InChI=1S/C20H23NO3Si/c1-20(2,3)25(15-10-6-4-7-11-15,16-12-8-5-9-13-16)21-17(19(23)24)14-18(21)22/h4-13,17H,14H2,1-3H3,(H,23,24)/t17-/m0/s1. The first kappa shape index (κ1) is 17.4. The highest BCUT2D eigenvalue weighted by atomic mass is 28.3. The minimum absolute atomic E-state index is 0.0679. The van der Waals surface area contributed by atoms with Crippen molar-refractivity contribution in [3.8, 4) is 0 Å². The van der Waals surface area contributed by atoms with E-state index < -0.39 is 20.2 Å². The largest absolute Gasteiger partial charge is 0.480 e. The molecule has 25 heavy (non-hydrogen) atoms. The minimum Gasteiger partial charge on any atom is -0.480 e. The van der Waals surface area contributed by atoms with E-state index in [-0.39, 0.29) is 17.4 Å². The van der Waals surface area contributed by atoms with Crippen LogP contribution in [0.4, 0.5) is 0 Å². The molecule has 1 aliphatic heterocycles. The maximum absolute atomic E-state index is 12.7. The van der Waals surface area contributed by atoms with E-state index in [4.69, 9.17) is 0 Å². The zero-order valence-corrected chi connectivity index (χ0v) is 15.8. The van der Waals surface area contributed by atoms with Gasteiger partial charge in [0, 0.05) is 0 Å². The van der Waals surface area contributed by atoms with Crippen molar-refractivity contribution in [2.45, 2.75) is 38.3 Å². The van der Waals surface area contributed by atoms with Gasteiger partial charge >= 0.3 is 5.97 Å². The molecule has 1 aliphatic rings. The molecular formula is C20H23NO3Si. The highest BCUT2D eigenvalue weighted by Crippen LogP contribution is 2.42. The van der Waals surface area contributed by atoms with E-state index in [9.17, 15) is 14.7 Å². The van der Waals surface area contributed by atoms with Gasteiger partial charge in [0.15, 0.2) is 0 Å². The molecule has 4 nitrogen and oxygen atoms in total. The zero-order valence-electron chi connectivity index (χ0n) is 14.8. The topological polar surface area (TPSA) is 57.6 Å². The van der Waals surface area contributed by atoms with Crippen molar-refractivity contribution < 1.29 is 14.7 Å². The van der Waals surface area contributed by atoms with Gasteiger partial charge in [-0.1, -0.05) is 81.4 Å². The molecule has 0 aliphatic carbocycles. The van der Waals surface area contributed by atoms with Crippen molar-refractivity contribution >= 4 is 30.5 Å². The number of nitrogens with zero attached hydrogens (tertiary/aromatic N) is 1. The van der Waals surface area contributed by atoms with Crippen molar-refractivity contribution in [1.29, 1.82) is 0 Å². The molecule has 2 aromatic carbocycles. The number of carbonyl (C=O) groups excluding carboxylic acids is 1. The van der Waals surface area contributed by atoms with Crippen LogP contribution < -0.4 is 10.4 Å². The Kier molecular flexibility index (Phi) is 4.29. The Morgan fingerprint density at radius 2 is 1.44 bits per heavy atom. The molecule has 1 fully saturated rings. The Morgan fingerprint density at radius 1 is 1.00 bits per heavy atom. The van der Waals surface area contributed by atoms with Crippen molar-refractivity contribution in [3.63, 3.8) is 0 Å². The molecule has 130 valence electrons. The monoisotopic (exact) mass is 353 g/mol. The average Bonchev–Trinajstić information content (AvgIpc) is 2.57. The summed E-state index contributed by atoms with van der Waals surface area (Å²) < 4.78 is 1.71. The fourth-order valence-corrected chi connectivity index (χ4v) is 9.89. The average molecular weight is 353 g/mol. The summed E-state index contributed by atoms with van der Waals surface area (Å²) in [4.78, 5) is 24.5. The maximum Gasteiger partial charge on any atom is 0.326 e. The third-order valence-corrected chi connectivity index (χ3v) is 10.9.